The highest BCUT2D eigenvalue weighted by Crippen LogP contribution is 2.08. The molecule has 0 aromatic rings. The van der Waals surface area contributed by atoms with Gasteiger partial charge in [0.25, 0.3) is 0 Å². The van der Waals surface area contributed by atoms with E-state index in [4.69, 9.17) is 28.4 Å². The lowest BCUT2D eigenvalue weighted by atomic mass is 10.1. The molecule has 0 fully saturated rings. The van der Waals surface area contributed by atoms with Gasteiger partial charge in [0.2, 0.25) is 0 Å². The molecule has 7 heteroatoms. The minimum atomic E-state index is -0.452. The van der Waals surface area contributed by atoms with E-state index < -0.39 is 5.60 Å². The SMILES string of the molecule is CCCCCCCCOCCOCCOCCOCCOCCC(=O)OC(C)(C)C. The van der Waals surface area contributed by atoms with E-state index in [1.165, 1.54) is 32.1 Å². The van der Waals surface area contributed by atoms with Gasteiger partial charge in [0, 0.05) is 6.61 Å². The fourth-order valence-corrected chi connectivity index (χ4v) is 2.51. The van der Waals surface area contributed by atoms with Gasteiger partial charge < -0.3 is 28.4 Å². The molecule has 0 amide bonds. The number of unbranched alkanes of at least 4 members (excludes halogenated alkanes) is 5. The Morgan fingerprint density at radius 2 is 0.967 bits per heavy atom. The maximum atomic E-state index is 11.5. The van der Waals surface area contributed by atoms with Gasteiger partial charge in [0.15, 0.2) is 0 Å². The van der Waals surface area contributed by atoms with Crippen molar-refractivity contribution in [2.75, 3.05) is 66.1 Å². The van der Waals surface area contributed by atoms with Crippen LogP contribution in [-0.2, 0) is 33.2 Å². The summed E-state index contributed by atoms with van der Waals surface area (Å²) < 4.78 is 32.4. The third-order valence-corrected chi connectivity index (χ3v) is 4.00. The van der Waals surface area contributed by atoms with E-state index in [0.717, 1.165) is 13.0 Å². The Bertz CT molecular complexity index is 369. The highest BCUT2D eigenvalue weighted by Gasteiger charge is 2.15. The predicted molar refractivity (Wildman–Crippen MR) is 118 cm³/mol. The maximum absolute atomic E-state index is 11.5. The van der Waals surface area contributed by atoms with Crippen LogP contribution in [0.15, 0.2) is 0 Å². The topological polar surface area (TPSA) is 72.5 Å². The lowest BCUT2D eigenvalue weighted by molar-refractivity contribution is -0.156. The van der Waals surface area contributed by atoms with Gasteiger partial charge in [-0.05, 0) is 27.2 Å². The smallest absolute Gasteiger partial charge is 0.308 e. The second-order valence-electron chi connectivity index (χ2n) is 8.17. The summed E-state index contributed by atoms with van der Waals surface area (Å²) in [5.41, 5.74) is -0.452. The molecule has 0 aromatic carbocycles. The van der Waals surface area contributed by atoms with Gasteiger partial charge in [-0.25, -0.2) is 0 Å². The van der Waals surface area contributed by atoms with Crippen LogP contribution in [0.4, 0.5) is 0 Å². The first-order chi connectivity index (χ1) is 14.5. The molecule has 0 aliphatic rings. The van der Waals surface area contributed by atoms with E-state index in [1.807, 2.05) is 20.8 Å². The summed E-state index contributed by atoms with van der Waals surface area (Å²) in [5, 5.41) is 0. The van der Waals surface area contributed by atoms with Gasteiger partial charge in [-0.3, -0.25) is 4.79 Å². The first kappa shape index (κ1) is 29.3. The first-order valence-corrected chi connectivity index (χ1v) is 11.6. The molecule has 0 aliphatic carbocycles. The van der Waals surface area contributed by atoms with E-state index in [9.17, 15) is 4.79 Å². The summed E-state index contributed by atoms with van der Waals surface area (Å²) in [5.74, 6) is -0.247. The van der Waals surface area contributed by atoms with Gasteiger partial charge in [0.1, 0.15) is 5.60 Å². The summed E-state index contributed by atoms with van der Waals surface area (Å²) in [6, 6.07) is 0. The molecule has 0 spiro atoms. The average molecular weight is 435 g/mol. The molecule has 0 radical (unpaired) electrons. The molecule has 30 heavy (non-hydrogen) atoms. The Morgan fingerprint density at radius 1 is 0.567 bits per heavy atom. The summed E-state index contributed by atoms with van der Waals surface area (Å²) in [6.07, 6.45) is 7.94. The monoisotopic (exact) mass is 434 g/mol. The number of carbonyl (C=O) groups excluding carboxylic acids is 1. The number of hydrogen-bond acceptors (Lipinski definition) is 7. The number of esters is 1. The van der Waals surface area contributed by atoms with Crippen molar-refractivity contribution in [3.63, 3.8) is 0 Å². The van der Waals surface area contributed by atoms with Crippen molar-refractivity contribution in [2.45, 2.75) is 78.2 Å². The minimum absolute atomic E-state index is 0.247. The summed E-state index contributed by atoms with van der Waals surface area (Å²) >= 11 is 0. The lowest BCUT2D eigenvalue weighted by Gasteiger charge is -2.19. The van der Waals surface area contributed by atoms with Gasteiger partial charge in [-0.2, -0.15) is 0 Å². The van der Waals surface area contributed by atoms with Crippen molar-refractivity contribution in [3.8, 4) is 0 Å². The van der Waals surface area contributed by atoms with Gasteiger partial charge >= 0.3 is 5.97 Å². The van der Waals surface area contributed by atoms with Crippen molar-refractivity contribution in [2.24, 2.45) is 0 Å². The average Bonchev–Trinajstić information content (AvgIpc) is 2.68. The maximum Gasteiger partial charge on any atom is 0.308 e. The summed E-state index contributed by atoms with van der Waals surface area (Å²) in [7, 11) is 0. The molecule has 0 atom stereocenters. The Balaban J connectivity index is 3.11. The standard InChI is InChI=1S/C23H46O7/c1-5-6-7-8-9-10-12-25-14-16-27-18-20-29-21-19-28-17-15-26-13-11-22(24)30-23(2,3)4/h5-21H2,1-4H3. The zero-order valence-electron chi connectivity index (χ0n) is 19.9. The number of carbonyl (C=O) groups is 1. The fraction of sp³-hybridized carbons (Fsp3) is 0.957. The second kappa shape index (κ2) is 21.5. The van der Waals surface area contributed by atoms with Crippen LogP contribution in [0.2, 0.25) is 0 Å². The first-order valence-electron chi connectivity index (χ1n) is 11.6. The van der Waals surface area contributed by atoms with Crippen LogP contribution in [0.25, 0.3) is 0 Å². The van der Waals surface area contributed by atoms with E-state index in [0.29, 0.717) is 59.5 Å². The van der Waals surface area contributed by atoms with Crippen LogP contribution in [0, 0.1) is 0 Å². The van der Waals surface area contributed by atoms with Crippen LogP contribution < -0.4 is 0 Å². The minimum Gasteiger partial charge on any atom is -0.460 e. The van der Waals surface area contributed by atoms with Gasteiger partial charge in [-0.1, -0.05) is 39.0 Å². The molecule has 0 bridgehead atoms. The number of hydrogen-bond donors (Lipinski definition) is 0. The summed E-state index contributed by atoms with van der Waals surface area (Å²) in [4.78, 5) is 11.5. The molecular formula is C23H46O7. The van der Waals surface area contributed by atoms with E-state index >= 15 is 0 Å². The van der Waals surface area contributed by atoms with E-state index in [2.05, 4.69) is 6.92 Å². The molecule has 0 unspecified atom stereocenters. The molecule has 0 rings (SSSR count). The molecule has 7 nitrogen and oxygen atoms in total. The molecule has 180 valence electrons. The van der Waals surface area contributed by atoms with Crippen molar-refractivity contribution in [1.29, 1.82) is 0 Å². The van der Waals surface area contributed by atoms with Crippen LogP contribution in [-0.4, -0.2) is 77.6 Å². The Labute approximate surface area is 184 Å². The van der Waals surface area contributed by atoms with Crippen molar-refractivity contribution in [1.82, 2.24) is 0 Å². The highest BCUT2D eigenvalue weighted by atomic mass is 16.6. The molecule has 0 saturated heterocycles. The molecule has 0 heterocycles. The Hall–Kier alpha value is -0.730. The predicted octanol–water partition coefficient (Wildman–Crippen LogP) is 4.16. The molecule has 0 aliphatic heterocycles. The fourth-order valence-electron chi connectivity index (χ4n) is 2.51. The van der Waals surface area contributed by atoms with Crippen LogP contribution >= 0.6 is 0 Å². The van der Waals surface area contributed by atoms with Crippen molar-refractivity contribution >= 4 is 5.97 Å². The van der Waals surface area contributed by atoms with Gasteiger partial charge in [0.05, 0.1) is 65.9 Å². The van der Waals surface area contributed by atoms with E-state index in [-0.39, 0.29) is 12.4 Å². The zero-order valence-corrected chi connectivity index (χ0v) is 19.9. The highest BCUT2D eigenvalue weighted by molar-refractivity contribution is 5.69. The summed E-state index contributed by atoms with van der Waals surface area (Å²) in [6.45, 7) is 13.3. The zero-order chi connectivity index (χ0) is 22.3. The third kappa shape index (κ3) is 25.3. The molecule has 0 aromatic heterocycles. The van der Waals surface area contributed by atoms with Gasteiger partial charge in [-0.15, -0.1) is 0 Å². The third-order valence-electron chi connectivity index (χ3n) is 4.00. The number of ether oxygens (including phenoxy) is 6. The van der Waals surface area contributed by atoms with Crippen molar-refractivity contribution < 1.29 is 33.2 Å². The molecule has 0 saturated carbocycles. The normalized spacial score (nSPS) is 11.7. The quantitative estimate of drug-likeness (QED) is 0.187. The Kier molecular flexibility index (Phi) is 21.0. The molecular weight excluding hydrogens is 388 g/mol. The van der Waals surface area contributed by atoms with Crippen LogP contribution in [0.1, 0.15) is 72.6 Å². The van der Waals surface area contributed by atoms with E-state index in [1.54, 1.807) is 0 Å². The Morgan fingerprint density at radius 3 is 1.43 bits per heavy atom. The van der Waals surface area contributed by atoms with Crippen LogP contribution in [0.5, 0.6) is 0 Å². The molecule has 0 N–H and O–H groups in total. The number of rotatable bonds is 22. The van der Waals surface area contributed by atoms with Crippen LogP contribution in [0.3, 0.4) is 0 Å². The lowest BCUT2D eigenvalue weighted by Crippen LogP contribution is -2.24. The van der Waals surface area contributed by atoms with Crippen molar-refractivity contribution in [3.05, 3.63) is 0 Å². The largest absolute Gasteiger partial charge is 0.460 e. The second-order valence-corrected chi connectivity index (χ2v) is 8.17.